The van der Waals surface area contributed by atoms with Gasteiger partial charge in [0.05, 0.1) is 6.04 Å². The molecule has 114 valence electrons. The molecular formula is C13H20Cl3N3O. The predicted octanol–water partition coefficient (Wildman–Crippen LogP) is 2.42. The minimum absolute atomic E-state index is 0. The maximum absolute atomic E-state index is 12.1. The standard InChI is InChI=1S/C13H18ClN3O.2ClH/c1-10(17-8-6-15-7-9-17)13(18)16-12-4-2-11(14)3-5-12;;/h2-5,10,15H,6-9H2,1H3,(H,16,18);2*1H. The summed E-state index contributed by atoms with van der Waals surface area (Å²) < 4.78 is 0. The summed E-state index contributed by atoms with van der Waals surface area (Å²) in [6.07, 6.45) is 0. The maximum Gasteiger partial charge on any atom is 0.241 e. The van der Waals surface area contributed by atoms with Crippen LogP contribution in [0.5, 0.6) is 0 Å². The molecule has 20 heavy (non-hydrogen) atoms. The van der Waals surface area contributed by atoms with E-state index in [1.807, 2.05) is 19.1 Å². The molecule has 1 aliphatic rings. The van der Waals surface area contributed by atoms with Crippen LogP contribution < -0.4 is 10.6 Å². The highest BCUT2D eigenvalue weighted by molar-refractivity contribution is 6.30. The van der Waals surface area contributed by atoms with Crippen molar-refractivity contribution < 1.29 is 4.79 Å². The minimum atomic E-state index is -0.109. The van der Waals surface area contributed by atoms with Gasteiger partial charge in [-0.2, -0.15) is 0 Å². The fourth-order valence-corrected chi connectivity index (χ4v) is 2.14. The molecule has 0 spiro atoms. The fourth-order valence-electron chi connectivity index (χ4n) is 2.02. The van der Waals surface area contributed by atoms with Crippen molar-refractivity contribution in [1.82, 2.24) is 10.2 Å². The Morgan fingerprint density at radius 3 is 2.35 bits per heavy atom. The van der Waals surface area contributed by atoms with E-state index in [0.717, 1.165) is 31.9 Å². The van der Waals surface area contributed by atoms with Crippen LogP contribution in [0.1, 0.15) is 6.92 Å². The SMILES string of the molecule is CC(C(=O)Nc1ccc(Cl)cc1)N1CCNCC1.Cl.Cl. The number of benzene rings is 1. The molecule has 1 atom stereocenters. The van der Waals surface area contributed by atoms with Gasteiger partial charge in [0, 0.05) is 36.9 Å². The molecule has 0 aromatic heterocycles. The molecule has 1 saturated heterocycles. The number of amides is 1. The van der Waals surface area contributed by atoms with Crippen LogP contribution in [-0.2, 0) is 4.79 Å². The van der Waals surface area contributed by atoms with E-state index >= 15 is 0 Å². The number of rotatable bonds is 3. The summed E-state index contributed by atoms with van der Waals surface area (Å²) in [7, 11) is 0. The van der Waals surface area contributed by atoms with Gasteiger partial charge >= 0.3 is 0 Å². The lowest BCUT2D eigenvalue weighted by Crippen LogP contribution is -2.51. The summed E-state index contributed by atoms with van der Waals surface area (Å²) in [5, 5.41) is 6.85. The monoisotopic (exact) mass is 339 g/mol. The highest BCUT2D eigenvalue weighted by atomic mass is 35.5. The van der Waals surface area contributed by atoms with E-state index < -0.39 is 0 Å². The zero-order valence-corrected chi connectivity index (χ0v) is 13.7. The van der Waals surface area contributed by atoms with Gasteiger partial charge in [-0.1, -0.05) is 11.6 Å². The van der Waals surface area contributed by atoms with E-state index in [9.17, 15) is 4.79 Å². The van der Waals surface area contributed by atoms with Gasteiger partial charge in [-0.25, -0.2) is 0 Å². The van der Waals surface area contributed by atoms with Crippen LogP contribution >= 0.6 is 36.4 Å². The van der Waals surface area contributed by atoms with E-state index in [-0.39, 0.29) is 36.8 Å². The molecule has 4 nitrogen and oxygen atoms in total. The van der Waals surface area contributed by atoms with E-state index in [4.69, 9.17) is 11.6 Å². The van der Waals surface area contributed by atoms with E-state index in [2.05, 4.69) is 15.5 Å². The van der Waals surface area contributed by atoms with Crippen molar-refractivity contribution in [1.29, 1.82) is 0 Å². The second kappa shape index (κ2) is 9.42. The van der Waals surface area contributed by atoms with Crippen LogP contribution in [0.2, 0.25) is 5.02 Å². The summed E-state index contributed by atoms with van der Waals surface area (Å²) in [6, 6.07) is 7.05. The van der Waals surface area contributed by atoms with Crippen molar-refractivity contribution in [3.63, 3.8) is 0 Å². The molecular weight excluding hydrogens is 321 g/mol. The third-order valence-electron chi connectivity index (χ3n) is 3.19. The third-order valence-corrected chi connectivity index (χ3v) is 3.44. The average molecular weight is 341 g/mol. The van der Waals surface area contributed by atoms with Gasteiger partial charge in [0.25, 0.3) is 0 Å². The number of carbonyl (C=O) groups is 1. The molecule has 1 aromatic carbocycles. The average Bonchev–Trinajstić information content (AvgIpc) is 2.41. The first kappa shape index (κ1) is 19.5. The maximum atomic E-state index is 12.1. The van der Waals surface area contributed by atoms with E-state index in [1.54, 1.807) is 12.1 Å². The lowest BCUT2D eigenvalue weighted by Gasteiger charge is -2.31. The lowest BCUT2D eigenvalue weighted by molar-refractivity contribution is -0.120. The Kier molecular flexibility index (Phi) is 9.18. The molecule has 1 fully saturated rings. The largest absolute Gasteiger partial charge is 0.325 e. The number of carbonyl (C=O) groups excluding carboxylic acids is 1. The van der Waals surface area contributed by atoms with Gasteiger partial charge < -0.3 is 10.6 Å². The first-order valence-corrected chi connectivity index (χ1v) is 6.56. The lowest BCUT2D eigenvalue weighted by atomic mass is 10.2. The van der Waals surface area contributed by atoms with Crippen LogP contribution in [0.4, 0.5) is 5.69 Å². The molecule has 0 radical (unpaired) electrons. The van der Waals surface area contributed by atoms with Crippen molar-refractivity contribution in [2.24, 2.45) is 0 Å². The molecule has 1 heterocycles. The Hall–Kier alpha value is -0.520. The highest BCUT2D eigenvalue weighted by Crippen LogP contribution is 2.14. The molecule has 0 bridgehead atoms. The number of hydrogen-bond acceptors (Lipinski definition) is 3. The number of piperazine rings is 1. The zero-order valence-electron chi connectivity index (χ0n) is 11.3. The van der Waals surface area contributed by atoms with Gasteiger partial charge in [0.15, 0.2) is 0 Å². The zero-order chi connectivity index (χ0) is 13.0. The summed E-state index contributed by atoms with van der Waals surface area (Å²) in [5.41, 5.74) is 0.784. The number of halogens is 3. The van der Waals surface area contributed by atoms with Gasteiger partial charge in [-0.15, -0.1) is 24.8 Å². The van der Waals surface area contributed by atoms with Crippen molar-refractivity contribution in [2.45, 2.75) is 13.0 Å². The van der Waals surface area contributed by atoms with Crippen molar-refractivity contribution >= 4 is 48.0 Å². The Morgan fingerprint density at radius 2 is 1.80 bits per heavy atom. The van der Waals surface area contributed by atoms with Crippen LogP contribution in [0.3, 0.4) is 0 Å². The molecule has 1 aromatic rings. The molecule has 1 amide bonds. The summed E-state index contributed by atoms with van der Waals surface area (Å²) in [5.74, 6) is 0.0271. The Labute approximate surface area is 137 Å². The predicted molar refractivity (Wildman–Crippen MR) is 88.5 cm³/mol. The Bertz CT molecular complexity index is 408. The van der Waals surface area contributed by atoms with Crippen molar-refractivity contribution in [2.75, 3.05) is 31.5 Å². The Balaban J connectivity index is 0.00000180. The highest BCUT2D eigenvalue weighted by Gasteiger charge is 2.22. The van der Waals surface area contributed by atoms with Crippen LogP contribution in [0.15, 0.2) is 24.3 Å². The number of hydrogen-bond donors (Lipinski definition) is 2. The molecule has 0 aliphatic carbocycles. The fraction of sp³-hybridized carbons (Fsp3) is 0.462. The third kappa shape index (κ3) is 5.46. The van der Waals surface area contributed by atoms with E-state index in [1.165, 1.54) is 0 Å². The van der Waals surface area contributed by atoms with E-state index in [0.29, 0.717) is 5.02 Å². The molecule has 2 N–H and O–H groups in total. The minimum Gasteiger partial charge on any atom is -0.325 e. The Morgan fingerprint density at radius 1 is 1.25 bits per heavy atom. The van der Waals surface area contributed by atoms with Crippen molar-refractivity contribution in [3.8, 4) is 0 Å². The summed E-state index contributed by atoms with van der Waals surface area (Å²) in [4.78, 5) is 14.3. The second-order valence-electron chi connectivity index (χ2n) is 4.46. The van der Waals surface area contributed by atoms with Gasteiger partial charge in [-0.05, 0) is 31.2 Å². The van der Waals surface area contributed by atoms with Gasteiger partial charge in [0.1, 0.15) is 0 Å². The first-order valence-electron chi connectivity index (χ1n) is 6.18. The molecule has 1 unspecified atom stereocenters. The van der Waals surface area contributed by atoms with Gasteiger partial charge in [-0.3, -0.25) is 9.69 Å². The van der Waals surface area contributed by atoms with Crippen molar-refractivity contribution in [3.05, 3.63) is 29.3 Å². The first-order chi connectivity index (χ1) is 8.66. The number of anilines is 1. The second-order valence-corrected chi connectivity index (χ2v) is 4.89. The molecule has 1 aliphatic heterocycles. The molecule has 2 rings (SSSR count). The van der Waals surface area contributed by atoms with Gasteiger partial charge in [0.2, 0.25) is 5.91 Å². The molecule has 0 saturated carbocycles. The smallest absolute Gasteiger partial charge is 0.241 e. The number of nitrogens with zero attached hydrogens (tertiary/aromatic N) is 1. The van der Waals surface area contributed by atoms with Crippen LogP contribution in [0.25, 0.3) is 0 Å². The topological polar surface area (TPSA) is 44.4 Å². The quantitative estimate of drug-likeness (QED) is 0.888. The summed E-state index contributed by atoms with van der Waals surface area (Å²) >= 11 is 5.80. The molecule has 7 heteroatoms. The normalized spacial score (nSPS) is 16.5. The summed E-state index contributed by atoms with van der Waals surface area (Å²) in [6.45, 7) is 5.65. The van der Waals surface area contributed by atoms with Crippen LogP contribution in [0, 0.1) is 0 Å². The number of nitrogens with one attached hydrogen (secondary N) is 2. The van der Waals surface area contributed by atoms with Crippen LogP contribution in [-0.4, -0.2) is 43.0 Å².